The van der Waals surface area contributed by atoms with E-state index in [1.54, 1.807) is 62.4 Å². The third-order valence-corrected chi connectivity index (χ3v) is 5.06. The number of anilines is 2. The normalized spacial score (nSPS) is 11.5. The summed E-state index contributed by atoms with van der Waals surface area (Å²) in [4.78, 5) is 34.9. The van der Waals surface area contributed by atoms with Crippen molar-refractivity contribution in [1.29, 1.82) is 0 Å². The van der Waals surface area contributed by atoms with E-state index >= 15 is 0 Å². The molecule has 0 aliphatic heterocycles. The predicted octanol–water partition coefficient (Wildman–Crippen LogP) is 5.42. The summed E-state index contributed by atoms with van der Waals surface area (Å²) in [6, 6.07) is 13.7. The molecule has 2 aromatic carbocycles. The number of carboxylic acid groups (broad SMARTS) is 1. The number of aromatic nitrogens is 1. The summed E-state index contributed by atoms with van der Waals surface area (Å²) in [5, 5.41) is 18.4. The lowest BCUT2D eigenvalue weighted by Gasteiger charge is -2.15. The average molecular weight is 472 g/mol. The van der Waals surface area contributed by atoms with Gasteiger partial charge in [-0.15, -0.1) is 0 Å². The summed E-state index contributed by atoms with van der Waals surface area (Å²) in [5.41, 5.74) is 2.59. The third-order valence-electron chi connectivity index (χ3n) is 4.71. The standard InChI is InChI=1S/C23H22ClN3O6/c1-13-21(26-23(31)32-14(2)17-5-3-4-6-18(17)24)22(33-27-13)15-7-9-16(10-8-15)25-19(28)11-12-20(29)30/h3-10,14H,11-12H2,1-2H3,(H,25,28)(H,26,31)(H,29,30)/t14-/m1/s1. The molecule has 2 amide bonds. The zero-order chi connectivity index (χ0) is 24.0. The number of benzene rings is 2. The SMILES string of the molecule is Cc1noc(-c2ccc(NC(=O)CCC(=O)O)cc2)c1NC(=O)O[C@H](C)c1ccccc1Cl. The van der Waals surface area contributed by atoms with E-state index in [9.17, 15) is 14.4 Å². The van der Waals surface area contributed by atoms with Crippen LogP contribution in [0.3, 0.4) is 0 Å². The first-order valence-electron chi connectivity index (χ1n) is 10.0. The molecule has 0 spiro atoms. The van der Waals surface area contributed by atoms with E-state index in [1.807, 2.05) is 0 Å². The lowest BCUT2D eigenvalue weighted by Crippen LogP contribution is -2.17. The van der Waals surface area contributed by atoms with E-state index in [-0.39, 0.29) is 12.8 Å². The van der Waals surface area contributed by atoms with E-state index in [0.29, 0.717) is 39.0 Å². The summed E-state index contributed by atoms with van der Waals surface area (Å²) in [6.07, 6.45) is -1.65. The number of aryl methyl sites for hydroxylation is 1. The van der Waals surface area contributed by atoms with Crippen molar-refractivity contribution >= 4 is 40.9 Å². The van der Waals surface area contributed by atoms with Gasteiger partial charge in [-0.3, -0.25) is 14.9 Å². The molecule has 0 saturated heterocycles. The largest absolute Gasteiger partial charge is 0.481 e. The Morgan fingerprint density at radius 3 is 2.45 bits per heavy atom. The van der Waals surface area contributed by atoms with Gasteiger partial charge in [0, 0.05) is 28.3 Å². The number of hydrogen-bond donors (Lipinski definition) is 3. The molecule has 0 aliphatic rings. The fourth-order valence-electron chi connectivity index (χ4n) is 3.02. The Morgan fingerprint density at radius 2 is 1.79 bits per heavy atom. The van der Waals surface area contributed by atoms with Gasteiger partial charge in [-0.1, -0.05) is 35.0 Å². The molecule has 1 aromatic heterocycles. The Kier molecular flexibility index (Phi) is 7.68. The summed E-state index contributed by atoms with van der Waals surface area (Å²) in [6.45, 7) is 3.39. The monoisotopic (exact) mass is 471 g/mol. The Hall–Kier alpha value is -3.85. The second-order valence-electron chi connectivity index (χ2n) is 7.19. The molecule has 10 heteroatoms. The van der Waals surface area contributed by atoms with Crippen molar-refractivity contribution in [2.45, 2.75) is 32.8 Å². The Morgan fingerprint density at radius 1 is 1.09 bits per heavy atom. The fraction of sp³-hybridized carbons (Fsp3) is 0.217. The summed E-state index contributed by atoms with van der Waals surface area (Å²) in [7, 11) is 0. The van der Waals surface area contributed by atoms with Gasteiger partial charge in [-0.2, -0.15) is 0 Å². The van der Waals surface area contributed by atoms with Crippen molar-refractivity contribution in [3.05, 3.63) is 64.8 Å². The van der Waals surface area contributed by atoms with E-state index < -0.39 is 24.1 Å². The van der Waals surface area contributed by atoms with E-state index in [2.05, 4.69) is 15.8 Å². The van der Waals surface area contributed by atoms with Crippen LogP contribution in [0.2, 0.25) is 5.02 Å². The number of carbonyl (C=O) groups excluding carboxylic acids is 2. The number of nitrogens with one attached hydrogen (secondary N) is 2. The van der Waals surface area contributed by atoms with Crippen molar-refractivity contribution in [3.8, 4) is 11.3 Å². The molecule has 3 rings (SSSR count). The molecular weight excluding hydrogens is 450 g/mol. The van der Waals surface area contributed by atoms with Gasteiger partial charge in [0.2, 0.25) is 5.91 Å². The van der Waals surface area contributed by atoms with Gasteiger partial charge in [-0.25, -0.2) is 4.79 Å². The highest BCUT2D eigenvalue weighted by molar-refractivity contribution is 6.31. The average Bonchev–Trinajstić information content (AvgIpc) is 3.13. The highest BCUT2D eigenvalue weighted by atomic mass is 35.5. The zero-order valence-electron chi connectivity index (χ0n) is 17.9. The van der Waals surface area contributed by atoms with Crippen LogP contribution in [-0.4, -0.2) is 28.2 Å². The summed E-state index contributed by atoms with van der Waals surface area (Å²) >= 11 is 6.16. The van der Waals surface area contributed by atoms with Gasteiger partial charge in [0.25, 0.3) is 0 Å². The first-order valence-corrected chi connectivity index (χ1v) is 10.4. The maximum atomic E-state index is 12.5. The van der Waals surface area contributed by atoms with Crippen LogP contribution in [0.4, 0.5) is 16.2 Å². The number of amides is 2. The van der Waals surface area contributed by atoms with E-state index in [0.717, 1.165) is 0 Å². The Bertz CT molecular complexity index is 1160. The Balaban J connectivity index is 1.68. The van der Waals surface area contributed by atoms with Crippen LogP contribution in [-0.2, 0) is 14.3 Å². The van der Waals surface area contributed by atoms with Gasteiger partial charge in [0.15, 0.2) is 5.76 Å². The van der Waals surface area contributed by atoms with Crippen molar-refractivity contribution in [3.63, 3.8) is 0 Å². The molecule has 172 valence electrons. The number of ether oxygens (including phenoxy) is 1. The lowest BCUT2D eigenvalue weighted by molar-refractivity contribution is -0.138. The van der Waals surface area contributed by atoms with Crippen LogP contribution in [0, 0.1) is 6.92 Å². The molecule has 0 fully saturated rings. The first-order chi connectivity index (χ1) is 15.7. The molecule has 1 heterocycles. The van der Waals surface area contributed by atoms with Crippen LogP contribution in [0.1, 0.15) is 37.1 Å². The van der Waals surface area contributed by atoms with E-state index in [4.69, 9.17) is 26.0 Å². The van der Waals surface area contributed by atoms with Crippen molar-refractivity contribution < 1.29 is 28.8 Å². The topological polar surface area (TPSA) is 131 Å². The molecule has 0 bridgehead atoms. The van der Waals surface area contributed by atoms with Crippen molar-refractivity contribution in [1.82, 2.24) is 5.16 Å². The quantitative estimate of drug-likeness (QED) is 0.400. The second-order valence-corrected chi connectivity index (χ2v) is 7.59. The summed E-state index contributed by atoms with van der Waals surface area (Å²) < 4.78 is 10.8. The van der Waals surface area contributed by atoms with Crippen molar-refractivity contribution in [2.75, 3.05) is 10.6 Å². The molecule has 0 unspecified atom stereocenters. The van der Waals surface area contributed by atoms with Crippen LogP contribution >= 0.6 is 11.6 Å². The van der Waals surface area contributed by atoms with E-state index in [1.165, 1.54) is 0 Å². The Labute approximate surface area is 194 Å². The van der Waals surface area contributed by atoms with Crippen LogP contribution in [0.15, 0.2) is 53.1 Å². The number of rotatable bonds is 8. The minimum absolute atomic E-state index is 0.124. The molecule has 1 atom stereocenters. The predicted molar refractivity (Wildman–Crippen MR) is 122 cm³/mol. The molecule has 3 N–H and O–H groups in total. The number of carboxylic acids is 1. The molecule has 0 aliphatic carbocycles. The number of carbonyl (C=O) groups is 3. The molecule has 33 heavy (non-hydrogen) atoms. The van der Waals surface area contributed by atoms with Gasteiger partial charge in [0.1, 0.15) is 17.5 Å². The van der Waals surface area contributed by atoms with Gasteiger partial charge < -0.3 is 19.7 Å². The maximum absolute atomic E-state index is 12.5. The third kappa shape index (κ3) is 6.33. The lowest BCUT2D eigenvalue weighted by atomic mass is 10.1. The fourth-order valence-corrected chi connectivity index (χ4v) is 3.31. The van der Waals surface area contributed by atoms with Gasteiger partial charge in [-0.05, 0) is 44.2 Å². The molecule has 9 nitrogen and oxygen atoms in total. The van der Waals surface area contributed by atoms with Crippen LogP contribution in [0.25, 0.3) is 11.3 Å². The molecule has 0 saturated carbocycles. The number of hydrogen-bond acceptors (Lipinski definition) is 6. The number of halogens is 1. The van der Waals surface area contributed by atoms with Crippen LogP contribution in [0.5, 0.6) is 0 Å². The van der Waals surface area contributed by atoms with Crippen molar-refractivity contribution in [2.24, 2.45) is 0 Å². The van der Waals surface area contributed by atoms with Gasteiger partial charge in [0.05, 0.1) is 6.42 Å². The first kappa shape index (κ1) is 23.8. The zero-order valence-corrected chi connectivity index (χ0v) is 18.7. The maximum Gasteiger partial charge on any atom is 0.412 e. The smallest absolute Gasteiger partial charge is 0.412 e. The minimum Gasteiger partial charge on any atom is -0.481 e. The molecule has 0 radical (unpaired) electrons. The highest BCUT2D eigenvalue weighted by Crippen LogP contribution is 2.32. The molecular formula is C23H22ClN3O6. The summed E-state index contributed by atoms with van der Waals surface area (Å²) in [5.74, 6) is -1.13. The molecule has 3 aromatic rings. The van der Waals surface area contributed by atoms with Gasteiger partial charge >= 0.3 is 12.1 Å². The number of aliphatic carboxylic acids is 1. The van der Waals surface area contributed by atoms with Crippen LogP contribution < -0.4 is 10.6 Å². The second kappa shape index (κ2) is 10.6. The highest BCUT2D eigenvalue weighted by Gasteiger charge is 2.20. The minimum atomic E-state index is -1.04. The number of nitrogens with zero attached hydrogens (tertiary/aromatic N) is 1.